The molecule has 0 aromatic heterocycles. The molecule has 0 aliphatic carbocycles. The van der Waals surface area contributed by atoms with Gasteiger partial charge in [0.05, 0.1) is 18.3 Å². The molecule has 0 aromatic rings. The van der Waals surface area contributed by atoms with E-state index in [1.54, 1.807) is 48.6 Å². The Morgan fingerprint density at radius 1 is 0.840 bits per heavy atom. The van der Waals surface area contributed by atoms with Gasteiger partial charge in [-0.25, -0.2) is 0 Å². The van der Waals surface area contributed by atoms with Gasteiger partial charge in [0, 0.05) is 6.42 Å². The van der Waals surface area contributed by atoms with Crippen LogP contribution >= 0.6 is 0 Å². The molecule has 0 radical (unpaired) electrons. The second-order valence-corrected chi connectivity index (χ2v) is 5.95. The first-order chi connectivity index (χ1) is 12.0. The summed E-state index contributed by atoms with van der Waals surface area (Å²) in [5, 5.41) is 37.6. The van der Waals surface area contributed by atoms with E-state index in [4.69, 9.17) is 5.11 Å². The van der Waals surface area contributed by atoms with E-state index in [0.29, 0.717) is 19.3 Å². The number of allylic oxidation sites excluding steroid dienone is 6. The maximum absolute atomic E-state index is 10.4. The van der Waals surface area contributed by atoms with Crippen molar-refractivity contribution in [2.75, 3.05) is 0 Å². The largest absolute Gasteiger partial charge is 0.481 e. The molecule has 0 amide bonds. The van der Waals surface area contributed by atoms with Gasteiger partial charge in [-0.3, -0.25) is 4.79 Å². The van der Waals surface area contributed by atoms with Gasteiger partial charge in [0.25, 0.3) is 0 Å². The molecule has 0 rings (SSSR count). The summed E-state index contributed by atoms with van der Waals surface area (Å²) in [6.45, 7) is 2.09. The molecule has 0 saturated carbocycles. The van der Waals surface area contributed by atoms with Crippen molar-refractivity contribution in [2.24, 2.45) is 0 Å². The molecule has 3 atom stereocenters. The molecule has 0 saturated heterocycles. The van der Waals surface area contributed by atoms with Gasteiger partial charge < -0.3 is 20.4 Å². The third-order valence-electron chi connectivity index (χ3n) is 3.59. The predicted octanol–water partition coefficient (Wildman–Crippen LogP) is 3.13. The summed E-state index contributed by atoms with van der Waals surface area (Å²) < 4.78 is 0. The fourth-order valence-corrected chi connectivity index (χ4v) is 2.09. The molecule has 0 aliphatic heterocycles. The quantitative estimate of drug-likeness (QED) is 0.284. The van der Waals surface area contributed by atoms with Crippen LogP contribution in [-0.4, -0.2) is 44.7 Å². The molecule has 0 fully saturated rings. The van der Waals surface area contributed by atoms with Crippen LogP contribution in [0.15, 0.2) is 48.6 Å². The van der Waals surface area contributed by atoms with Crippen LogP contribution in [0.3, 0.4) is 0 Å². The van der Waals surface area contributed by atoms with Gasteiger partial charge in [-0.1, -0.05) is 74.8 Å². The minimum atomic E-state index is -0.855. The number of carboxylic acid groups (broad SMARTS) is 1. The van der Waals surface area contributed by atoms with Gasteiger partial charge in [-0.15, -0.1) is 0 Å². The maximum Gasteiger partial charge on any atom is 0.303 e. The third-order valence-corrected chi connectivity index (χ3v) is 3.59. The highest BCUT2D eigenvalue weighted by Crippen LogP contribution is 2.07. The topological polar surface area (TPSA) is 98.0 Å². The van der Waals surface area contributed by atoms with Crippen LogP contribution in [0.25, 0.3) is 0 Å². The molecule has 25 heavy (non-hydrogen) atoms. The summed E-state index contributed by atoms with van der Waals surface area (Å²) >= 11 is 0. The Bertz CT molecular complexity index is 451. The molecular weight excluding hydrogens is 320 g/mol. The predicted molar refractivity (Wildman–Crippen MR) is 100 cm³/mol. The summed E-state index contributed by atoms with van der Waals surface area (Å²) in [5.41, 5.74) is 0. The summed E-state index contributed by atoms with van der Waals surface area (Å²) in [6, 6.07) is 0. The van der Waals surface area contributed by atoms with Gasteiger partial charge in [0.1, 0.15) is 0 Å². The van der Waals surface area contributed by atoms with E-state index >= 15 is 0 Å². The Kier molecular flexibility index (Phi) is 14.7. The standard InChI is InChI=1S/C20H32O5/c1-2-3-8-14-18(22)19(23)15-10-7-5-4-6-9-12-17(21)13-11-16-20(24)25/h4-7,9-10,12,15,17-19,21-23H,2-3,8,11,13-14,16H2,1H3,(H,24,25)/b6-4-,7-5+,12-9+,15-10+/t17-,18-,19-/m0/s1. The number of hydrogen-bond donors (Lipinski definition) is 4. The van der Waals surface area contributed by atoms with Crippen LogP contribution in [-0.2, 0) is 4.79 Å². The van der Waals surface area contributed by atoms with Crippen LogP contribution in [0.5, 0.6) is 0 Å². The summed E-state index contributed by atoms with van der Waals surface area (Å²) in [5.74, 6) is -0.854. The van der Waals surface area contributed by atoms with Crippen LogP contribution in [0.1, 0.15) is 51.9 Å². The normalized spacial score (nSPS) is 16.3. The van der Waals surface area contributed by atoms with Crippen LogP contribution in [0.4, 0.5) is 0 Å². The van der Waals surface area contributed by atoms with E-state index < -0.39 is 24.3 Å². The van der Waals surface area contributed by atoms with Crippen molar-refractivity contribution in [3.8, 4) is 0 Å². The Balaban J connectivity index is 3.96. The molecular formula is C20H32O5. The zero-order valence-electron chi connectivity index (χ0n) is 15.0. The van der Waals surface area contributed by atoms with Gasteiger partial charge >= 0.3 is 5.97 Å². The molecule has 5 heteroatoms. The van der Waals surface area contributed by atoms with Gasteiger partial charge in [0.2, 0.25) is 0 Å². The number of carbonyl (C=O) groups is 1. The molecule has 0 aliphatic rings. The average molecular weight is 352 g/mol. The van der Waals surface area contributed by atoms with E-state index in [-0.39, 0.29) is 6.42 Å². The van der Waals surface area contributed by atoms with E-state index in [0.717, 1.165) is 19.3 Å². The van der Waals surface area contributed by atoms with Gasteiger partial charge in [-0.05, 0) is 19.3 Å². The smallest absolute Gasteiger partial charge is 0.303 e. The van der Waals surface area contributed by atoms with Gasteiger partial charge in [-0.2, -0.15) is 0 Å². The maximum atomic E-state index is 10.4. The Morgan fingerprint density at radius 3 is 2.04 bits per heavy atom. The number of hydrogen-bond acceptors (Lipinski definition) is 4. The number of aliphatic hydroxyl groups is 3. The molecule has 142 valence electrons. The Labute approximate surface area is 150 Å². The molecule has 4 N–H and O–H groups in total. The molecule has 0 spiro atoms. The lowest BCUT2D eigenvalue weighted by molar-refractivity contribution is -0.137. The van der Waals surface area contributed by atoms with Crippen molar-refractivity contribution in [3.05, 3.63) is 48.6 Å². The first-order valence-corrected chi connectivity index (χ1v) is 8.91. The Hall–Kier alpha value is -1.69. The minimum absolute atomic E-state index is 0.0644. The molecule has 0 bridgehead atoms. The minimum Gasteiger partial charge on any atom is -0.481 e. The molecule has 0 heterocycles. The highest BCUT2D eigenvalue weighted by molar-refractivity contribution is 5.66. The number of unbranched alkanes of at least 4 members (excludes halogenated alkanes) is 2. The fraction of sp³-hybridized carbons (Fsp3) is 0.550. The van der Waals surface area contributed by atoms with E-state index in [1.807, 2.05) is 0 Å². The monoisotopic (exact) mass is 352 g/mol. The number of rotatable bonds is 14. The first-order valence-electron chi connectivity index (χ1n) is 8.91. The fourth-order valence-electron chi connectivity index (χ4n) is 2.09. The second-order valence-electron chi connectivity index (χ2n) is 5.95. The zero-order chi connectivity index (χ0) is 18.9. The Morgan fingerprint density at radius 2 is 1.44 bits per heavy atom. The zero-order valence-corrected chi connectivity index (χ0v) is 15.0. The van der Waals surface area contributed by atoms with Gasteiger partial charge in [0.15, 0.2) is 0 Å². The van der Waals surface area contributed by atoms with Crippen LogP contribution < -0.4 is 0 Å². The summed E-state index contributed by atoms with van der Waals surface area (Å²) in [7, 11) is 0. The molecule has 5 nitrogen and oxygen atoms in total. The summed E-state index contributed by atoms with van der Waals surface area (Å²) in [4.78, 5) is 10.4. The molecule has 0 aromatic carbocycles. The lowest BCUT2D eigenvalue weighted by atomic mass is 10.1. The third kappa shape index (κ3) is 15.6. The first kappa shape index (κ1) is 23.3. The van der Waals surface area contributed by atoms with Crippen LogP contribution in [0.2, 0.25) is 0 Å². The van der Waals surface area contributed by atoms with Crippen LogP contribution in [0, 0.1) is 0 Å². The van der Waals surface area contributed by atoms with E-state index in [2.05, 4.69) is 6.92 Å². The number of aliphatic carboxylic acids is 1. The van der Waals surface area contributed by atoms with Crippen molar-refractivity contribution in [2.45, 2.75) is 70.2 Å². The number of aliphatic hydroxyl groups excluding tert-OH is 3. The second kappa shape index (κ2) is 15.8. The van der Waals surface area contributed by atoms with Crippen molar-refractivity contribution in [1.82, 2.24) is 0 Å². The van der Waals surface area contributed by atoms with Crippen molar-refractivity contribution in [3.63, 3.8) is 0 Å². The summed E-state index contributed by atoms with van der Waals surface area (Å²) in [6.07, 6.45) is 16.0. The van der Waals surface area contributed by atoms with Crippen molar-refractivity contribution in [1.29, 1.82) is 0 Å². The lowest BCUT2D eigenvalue weighted by Gasteiger charge is -2.13. The van der Waals surface area contributed by atoms with Crippen molar-refractivity contribution >= 4 is 5.97 Å². The lowest BCUT2D eigenvalue weighted by Crippen LogP contribution is -2.23. The SMILES string of the molecule is CCCCC[C@H](O)[C@@H](O)/C=C/C=C/C=C\C=C\[C@H](O)CCCC(=O)O. The highest BCUT2D eigenvalue weighted by Gasteiger charge is 2.11. The number of carboxylic acids is 1. The highest BCUT2D eigenvalue weighted by atomic mass is 16.4. The van der Waals surface area contributed by atoms with Crippen molar-refractivity contribution < 1.29 is 25.2 Å². The van der Waals surface area contributed by atoms with E-state index in [9.17, 15) is 20.1 Å². The average Bonchev–Trinajstić information content (AvgIpc) is 2.56. The molecule has 0 unspecified atom stereocenters. The van der Waals surface area contributed by atoms with E-state index in [1.165, 1.54) is 0 Å².